The van der Waals surface area contributed by atoms with Crippen LogP contribution >= 0.6 is 7.75 Å². The van der Waals surface area contributed by atoms with Gasteiger partial charge in [0.15, 0.2) is 0 Å². The highest BCUT2D eigenvalue weighted by atomic mass is 31.2. The van der Waals surface area contributed by atoms with Crippen LogP contribution in [0.15, 0.2) is 54.6 Å². The fraction of sp³-hybridized carbons (Fsp3) is 0. The van der Waals surface area contributed by atoms with Crippen LogP contribution in [-0.2, 0) is 4.57 Å². The Morgan fingerprint density at radius 2 is 1.50 bits per heavy atom. The number of benzene rings is 2. The fourth-order valence-corrected chi connectivity index (χ4v) is 2.73. The van der Waals surface area contributed by atoms with E-state index in [1.165, 1.54) is 36.4 Å². The van der Waals surface area contributed by atoms with E-state index in [-0.39, 0.29) is 16.9 Å². The minimum Gasteiger partial charge on any atom is -0.478 e. The summed E-state index contributed by atoms with van der Waals surface area (Å²) >= 11 is 0. The first-order valence-corrected chi connectivity index (χ1v) is 7.21. The Bertz CT molecular complexity index is 667. The number of anilines is 2. The number of carbonyl (C=O) groups is 1. The van der Waals surface area contributed by atoms with Gasteiger partial charge in [-0.3, -0.25) is 0 Å². The van der Waals surface area contributed by atoms with E-state index >= 15 is 0 Å². The van der Waals surface area contributed by atoms with Gasteiger partial charge in [0.2, 0.25) is 0 Å². The predicted molar refractivity (Wildman–Crippen MR) is 74.0 cm³/mol. The van der Waals surface area contributed by atoms with Crippen molar-refractivity contribution in [2.24, 2.45) is 0 Å². The van der Waals surface area contributed by atoms with Crippen LogP contribution < -0.4 is 4.67 Å². The van der Waals surface area contributed by atoms with Crippen molar-refractivity contribution < 1.29 is 24.3 Å². The van der Waals surface area contributed by atoms with Crippen LogP contribution in [0.3, 0.4) is 0 Å². The molecule has 0 aliphatic heterocycles. The predicted octanol–water partition coefficient (Wildman–Crippen LogP) is 2.62. The van der Waals surface area contributed by atoms with Gasteiger partial charge < -0.3 is 14.9 Å². The Morgan fingerprint density at radius 1 is 0.950 bits per heavy atom. The molecule has 2 rings (SSSR count). The van der Waals surface area contributed by atoms with Crippen LogP contribution in [0, 0.1) is 0 Å². The maximum Gasteiger partial charge on any atom is 0.434 e. The molecule has 2 aromatic carbocycles. The molecule has 0 radical (unpaired) electrons. The zero-order valence-electron chi connectivity index (χ0n) is 10.2. The maximum atomic E-state index is 11.7. The van der Waals surface area contributed by atoms with Crippen molar-refractivity contribution in [3.05, 3.63) is 60.2 Å². The zero-order chi connectivity index (χ0) is 14.8. The summed E-state index contributed by atoms with van der Waals surface area (Å²) in [5.41, 5.74) is -0.0197. The third-order valence-electron chi connectivity index (χ3n) is 2.62. The largest absolute Gasteiger partial charge is 0.478 e. The van der Waals surface area contributed by atoms with E-state index in [1.54, 1.807) is 18.2 Å². The average Bonchev–Trinajstić information content (AvgIpc) is 2.39. The number of aromatic carboxylic acids is 1. The number of para-hydroxylation sites is 2. The lowest BCUT2D eigenvalue weighted by atomic mass is 10.1. The zero-order valence-corrected chi connectivity index (χ0v) is 11.1. The number of carboxylic acid groups (broad SMARTS) is 1. The molecular weight excluding hydrogens is 281 g/mol. The van der Waals surface area contributed by atoms with Crippen LogP contribution in [0.5, 0.6) is 0 Å². The van der Waals surface area contributed by atoms with E-state index in [1.807, 2.05) is 0 Å². The van der Waals surface area contributed by atoms with Gasteiger partial charge in [-0.1, -0.05) is 30.3 Å². The number of nitrogens with zero attached hydrogens (tertiary/aromatic N) is 1. The summed E-state index contributed by atoms with van der Waals surface area (Å²) < 4.78 is 12.5. The minimum atomic E-state index is -4.72. The van der Waals surface area contributed by atoms with Gasteiger partial charge in [-0.15, -0.1) is 0 Å². The molecule has 0 heterocycles. The number of hydrogen-bond donors (Lipinski definition) is 3. The third-order valence-corrected chi connectivity index (χ3v) is 3.59. The summed E-state index contributed by atoms with van der Waals surface area (Å²) in [7, 11) is -4.72. The van der Waals surface area contributed by atoms with Crippen molar-refractivity contribution in [1.82, 2.24) is 0 Å². The van der Waals surface area contributed by atoms with Crippen molar-refractivity contribution in [2.45, 2.75) is 0 Å². The molecule has 6 nitrogen and oxygen atoms in total. The molecule has 104 valence electrons. The molecule has 2 aromatic rings. The quantitative estimate of drug-likeness (QED) is 0.749. The van der Waals surface area contributed by atoms with Crippen molar-refractivity contribution in [3.63, 3.8) is 0 Å². The Kier molecular flexibility index (Phi) is 3.90. The van der Waals surface area contributed by atoms with Crippen LogP contribution in [0.4, 0.5) is 11.4 Å². The molecule has 7 heteroatoms. The second kappa shape index (κ2) is 5.46. The van der Waals surface area contributed by atoms with Crippen LogP contribution in [0.2, 0.25) is 0 Å². The topological polar surface area (TPSA) is 98.1 Å². The molecule has 0 aliphatic rings. The van der Waals surface area contributed by atoms with Crippen LogP contribution in [0.1, 0.15) is 10.4 Å². The fourth-order valence-electron chi connectivity index (χ4n) is 1.84. The molecule has 0 aliphatic carbocycles. The molecule has 0 atom stereocenters. The van der Waals surface area contributed by atoms with Gasteiger partial charge >= 0.3 is 13.7 Å². The lowest BCUT2D eigenvalue weighted by Crippen LogP contribution is -2.16. The maximum absolute atomic E-state index is 11.7. The van der Waals surface area contributed by atoms with E-state index in [9.17, 15) is 19.1 Å². The van der Waals surface area contributed by atoms with E-state index in [2.05, 4.69) is 0 Å². The summed E-state index contributed by atoms with van der Waals surface area (Å²) in [4.78, 5) is 30.3. The highest BCUT2D eigenvalue weighted by molar-refractivity contribution is 7.54. The van der Waals surface area contributed by atoms with Gasteiger partial charge in [0.05, 0.1) is 16.9 Å². The first kappa shape index (κ1) is 14.3. The molecule has 0 spiro atoms. The molecule has 3 N–H and O–H groups in total. The highest BCUT2D eigenvalue weighted by Gasteiger charge is 2.30. The number of hydrogen-bond acceptors (Lipinski definition) is 2. The third kappa shape index (κ3) is 2.88. The van der Waals surface area contributed by atoms with E-state index < -0.39 is 13.7 Å². The average molecular weight is 293 g/mol. The van der Waals surface area contributed by atoms with E-state index in [4.69, 9.17) is 5.11 Å². The summed E-state index contributed by atoms with van der Waals surface area (Å²) in [5, 5.41) is 9.15. The van der Waals surface area contributed by atoms with E-state index in [0.717, 1.165) is 4.67 Å². The van der Waals surface area contributed by atoms with Crippen molar-refractivity contribution >= 4 is 25.1 Å². The highest BCUT2D eigenvalue weighted by Crippen LogP contribution is 2.50. The molecule has 0 unspecified atom stereocenters. The monoisotopic (exact) mass is 293 g/mol. The Labute approximate surface area is 115 Å². The lowest BCUT2D eigenvalue weighted by molar-refractivity contribution is 0.0698. The number of carboxylic acids is 1. The molecule has 0 bridgehead atoms. The number of rotatable bonds is 4. The smallest absolute Gasteiger partial charge is 0.434 e. The Hall–Kier alpha value is -2.14. The summed E-state index contributed by atoms with van der Waals surface area (Å²) in [6, 6.07) is 13.6. The van der Waals surface area contributed by atoms with Gasteiger partial charge in [-0.2, -0.15) is 0 Å². The summed E-state index contributed by atoms with van der Waals surface area (Å²) in [6.45, 7) is 0. The minimum absolute atomic E-state index is 0.0560. The van der Waals surface area contributed by atoms with Gasteiger partial charge in [-0.05, 0) is 24.3 Å². The standard InChI is InChI=1S/C13H12NO5P/c15-13(16)11-8-4-5-9-12(11)14(20(17,18)19)10-6-2-1-3-7-10/h1-9H,(H,15,16)(H2,17,18,19). The normalized spacial score (nSPS) is 11.1. The molecule has 0 aromatic heterocycles. The summed E-state index contributed by atoms with van der Waals surface area (Å²) in [5.74, 6) is -1.25. The molecular formula is C13H12NO5P. The van der Waals surface area contributed by atoms with Gasteiger partial charge in [0.1, 0.15) is 0 Å². The van der Waals surface area contributed by atoms with E-state index in [0.29, 0.717) is 0 Å². The van der Waals surface area contributed by atoms with Gasteiger partial charge in [0.25, 0.3) is 0 Å². The molecule has 0 amide bonds. The SMILES string of the molecule is O=C(O)c1ccccc1N(c1ccccc1)P(=O)(O)O. The lowest BCUT2D eigenvalue weighted by Gasteiger charge is -2.26. The second-order valence-corrected chi connectivity index (χ2v) is 5.41. The van der Waals surface area contributed by atoms with Crippen LogP contribution in [0.25, 0.3) is 0 Å². The first-order valence-electron chi connectivity index (χ1n) is 5.65. The molecule has 0 saturated carbocycles. The Morgan fingerprint density at radius 3 is 2.05 bits per heavy atom. The molecule has 0 fully saturated rings. The Balaban J connectivity index is 2.66. The van der Waals surface area contributed by atoms with Crippen molar-refractivity contribution in [1.29, 1.82) is 0 Å². The second-order valence-electron chi connectivity index (χ2n) is 3.98. The molecule has 20 heavy (non-hydrogen) atoms. The van der Waals surface area contributed by atoms with Crippen LogP contribution in [-0.4, -0.2) is 20.9 Å². The summed E-state index contributed by atoms with van der Waals surface area (Å²) in [6.07, 6.45) is 0. The first-order chi connectivity index (χ1) is 9.41. The van der Waals surface area contributed by atoms with Gasteiger partial charge in [-0.25, -0.2) is 14.0 Å². The van der Waals surface area contributed by atoms with Crippen molar-refractivity contribution in [3.8, 4) is 0 Å². The van der Waals surface area contributed by atoms with Crippen molar-refractivity contribution in [2.75, 3.05) is 4.67 Å². The molecule has 0 saturated heterocycles. The van der Waals surface area contributed by atoms with Gasteiger partial charge in [0, 0.05) is 0 Å².